The molecule has 1 aromatic carbocycles. The van der Waals surface area contributed by atoms with E-state index in [4.69, 9.17) is 5.73 Å². The minimum Gasteiger partial charge on any atom is -0.344 e. The second-order valence-electron chi connectivity index (χ2n) is 4.41. The first-order valence-electron chi connectivity index (χ1n) is 6.18. The number of likely N-dealkylation sites (N-methyl/N-ethyl adjacent to an activating group) is 1. The van der Waals surface area contributed by atoms with Crippen LogP contribution in [0.3, 0.4) is 0 Å². The molecule has 0 aliphatic carbocycles. The summed E-state index contributed by atoms with van der Waals surface area (Å²) in [5, 5.41) is 1.13. The number of nitrogens with two attached hydrogens (primary N) is 1. The summed E-state index contributed by atoms with van der Waals surface area (Å²) in [7, 11) is 1.82. The van der Waals surface area contributed by atoms with Crippen LogP contribution in [0.2, 0.25) is 0 Å². The third-order valence-electron chi connectivity index (χ3n) is 3.30. The lowest BCUT2D eigenvalue weighted by molar-refractivity contribution is -0.130. The second kappa shape index (κ2) is 5.23. The van der Waals surface area contributed by atoms with E-state index in [0.717, 1.165) is 23.0 Å². The topological polar surface area (TPSA) is 51.3 Å². The van der Waals surface area contributed by atoms with Crippen LogP contribution >= 0.6 is 0 Å². The van der Waals surface area contributed by atoms with Crippen molar-refractivity contribution in [1.29, 1.82) is 0 Å². The van der Waals surface area contributed by atoms with E-state index in [1.54, 1.807) is 4.90 Å². The van der Waals surface area contributed by atoms with Gasteiger partial charge in [-0.05, 0) is 18.6 Å². The van der Waals surface area contributed by atoms with Gasteiger partial charge in [0.15, 0.2) is 0 Å². The Bertz CT molecular complexity index is 559. The number of hydrogen-bond donors (Lipinski definition) is 1. The molecule has 4 heteroatoms. The van der Waals surface area contributed by atoms with Crippen LogP contribution in [0.1, 0.15) is 12.5 Å². The molecule has 0 fully saturated rings. The highest BCUT2D eigenvalue weighted by Crippen LogP contribution is 2.20. The van der Waals surface area contributed by atoms with E-state index in [1.165, 1.54) is 0 Å². The largest absolute Gasteiger partial charge is 0.344 e. The molecule has 96 valence electrons. The molecule has 0 atom stereocenters. The molecule has 4 nitrogen and oxygen atoms in total. The fourth-order valence-electron chi connectivity index (χ4n) is 2.06. The van der Waals surface area contributed by atoms with Crippen LogP contribution in [0.15, 0.2) is 30.5 Å². The van der Waals surface area contributed by atoms with Crippen molar-refractivity contribution in [2.75, 3.05) is 13.6 Å². The summed E-state index contributed by atoms with van der Waals surface area (Å²) >= 11 is 0. The molecule has 1 amide bonds. The van der Waals surface area contributed by atoms with Crippen LogP contribution in [-0.2, 0) is 17.9 Å². The summed E-state index contributed by atoms with van der Waals surface area (Å²) in [4.78, 5) is 13.7. The van der Waals surface area contributed by atoms with Gasteiger partial charge in [0, 0.05) is 37.2 Å². The van der Waals surface area contributed by atoms with Gasteiger partial charge >= 0.3 is 0 Å². The molecular formula is C14H19N3O. The molecule has 0 aliphatic rings. The van der Waals surface area contributed by atoms with Crippen molar-refractivity contribution in [1.82, 2.24) is 9.47 Å². The van der Waals surface area contributed by atoms with Gasteiger partial charge in [0.05, 0.1) is 0 Å². The number of carbonyl (C=O) groups is 1. The van der Waals surface area contributed by atoms with Crippen LogP contribution in [0.25, 0.3) is 10.9 Å². The van der Waals surface area contributed by atoms with Crippen LogP contribution in [0.5, 0.6) is 0 Å². The zero-order chi connectivity index (χ0) is 13.1. The standard InChI is InChI=1S/C14H19N3O/c1-3-16(2)14(18)10-17-9-11(8-15)12-6-4-5-7-13(12)17/h4-7,9H,3,8,10,15H2,1-2H3. The van der Waals surface area contributed by atoms with Crippen molar-refractivity contribution < 1.29 is 4.79 Å². The number of fused-ring (bicyclic) bond motifs is 1. The quantitative estimate of drug-likeness (QED) is 0.889. The number of hydrogen-bond acceptors (Lipinski definition) is 2. The number of carbonyl (C=O) groups excluding carboxylic acids is 1. The van der Waals surface area contributed by atoms with Crippen molar-refractivity contribution in [3.8, 4) is 0 Å². The van der Waals surface area contributed by atoms with Gasteiger partial charge in [-0.1, -0.05) is 18.2 Å². The Morgan fingerprint density at radius 1 is 1.39 bits per heavy atom. The van der Waals surface area contributed by atoms with E-state index in [2.05, 4.69) is 0 Å². The average molecular weight is 245 g/mol. The first kappa shape index (κ1) is 12.6. The number of amides is 1. The van der Waals surface area contributed by atoms with E-state index in [0.29, 0.717) is 13.1 Å². The zero-order valence-electron chi connectivity index (χ0n) is 10.9. The monoisotopic (exact) mass is 245 g/mol. The average Bonchev–Trinajstić information content (AvgIpc) is 2.76. The first-order chi connectivity index (χ1) is 8.67. The lowest BCUT2D eigenvalue weighted by atomic mass is 10.2. The smallest absolute Gasteiger partial charge is 0.242 e. The van der Waals surface area contributed by atoms with Crippen molar-refractivity contribution >= 4 is 16.8 Å². The van der Waals surface area contributed by atoms with E-state index in [9.17, 15) is 4.79 Å². The lowest BCUT2D eigenvalue weighted by Gasteiger charge is -2.15. The van der Waals surface area contributed by atoms with Crippen molar-refractivity contribution in [2.24, 2.45) is 5.73 Å². The lowest BCUT2D eigenvalue weighted by Crippen LogP contribution is -2.29. The van der Waals surface area contributed by atoms with Crippen LogP contribution < -0.4 is 5.73 Å². The number of nitrogens with zero attached hydrogens (tertiary/aromatic N) is 2. The molecule has 0 saturated carbocycles. The fraction of sp³-hybridized carbons (Fsp3) is 0.357. The molecular weight excluding hydrogens is 226 g/mol. The third kappa shape index (κ3) is 2.24. The van der Waals surface area contributed by atoms with E-state index < -0.39 is 0 Å². The highest BCUT2D eigenvalue weighted by Gasteiger charge is 2.11. The number of aromatic nitrogens is 1. The SMILES string of the molecule is CCN(C)C(=O)Cn1cc(CN)c2ccccc21. The van der Waals surface area contributed by atoms with Crippen LogP contribution in [-0.4, -0.2) is 29.0 Å². The second-order valence-corrected chi connectivity index (χ2v) is 4.41. The van der Waals surface area contributed by atoms with Crippen molar-refractivity contribution in [2.45, 2.75) is 20.0 Å². The molecule has 0 radical (unpaired) electrons. The van der Waals surface area contributed by atoms with Gasteiger partial charge in [-0.25, -0.2) is 0 Å². The van der Waals surface area contributed by atoms with Gasteiger partial charge in [0.1, 0.15) is 6.54 Å². The Hall–Kier alpha value is -1.81. The minimum atomic E-state index is 0.113. The number of rotatable bonds is 4. The Morgan fingerprint density at radius 3 is 2.78 bits per heavy atom. The predicted octanol–water partition coefficient (Wildman–Crippen LogP) is 1.58. The summed E-state index contributed by atoms with van der Waals surface area (Å²) in [5.74, 6) is 0.113. The van der Waals surface area contributed by atoms with Gasteiger partial charge in [-0.2, -0.15) is 0 Å². The maximum Gasteiger partial charge on any atom is 0.242 e. The molecule has 0 aliphatic heterocycles. The molecule has 0 bridgehead atoms. The summed E-state index contributed by atoms with van der Waals surface area (Å²) in [6.07, 6.45) is 1.98. The molecule has 2 aromatic rings. The molecule has 2 rings (SSSR count). The summed E-state index contributed by atoms with van der Waals surface area (Å²) in [5.41, 5.74) is 7.88. The van der Waals surface area contributed by atoms with E-state index in [1.807, 2.05) is 49.0 Å². The maximum atomic E-state index is 12.0. The molecule has 1 aromatic heterocycles. The van der Waals surface area contributed by atoms with Crippen LogP contribution in [0.4, 0.5) is 0 Å². The third-order valence-corrected chi connectivity index (χ3v) is 3.30. The Balaban J connectivity index is 2.36. The van der Waals surface area contributed by atoms with Gasteiger partial charge in [-0.3, -0.25) is 4.79 Å². The highest BCUT2D eigenvalue weighted by atomic mass is 16.2. The molecule has 1 heterocycles. The number of para-hydroxylation sites is 1. The highest BCUT2D eigenvalue weighted by molar-refractivity contribution is 5.86. The molecule has 0 saturated heterocycles. The summed E-state index contributed by atoms with van der Waals surface area (Å²) in [6, 6.07) is 8.04. The Morgan fingerprint density at radius 2 is 2.11 bits per heavy atom. The molecule has 0 spiro atoms. The minimum absolute atomic E-state index is 0.113. The van der Waals surface area contributed by atoms with E-state index >= 15 is 0 Å². The predicted molar refractivity (Wildman–Crippen MR) is 73.1 cm³/mol. The van der Waals surface area contributed by atoms with Gasteiger partial charge < -0.3 is 15.2 Å². The molecule has 2 N–H and O–H groups in total. The maximum absolute atomic E-state index is 12.0. The Kier molecular flexibility index (Phi) is 3.67. The molecule has 0 unspecified atom stereocenters. The van der Waals surface area contributed by atoms with Gasteiger partial charge in [0.25, 0.3) is 0 Å². The Labute approximate surface area is 107 Å². The van der Waals surface area contributed by atoms with Gasteiger partial charge in [-0.15, -0.1) is 0 Å². The summed E-state index contributed by atoms with van der Waals surface area (Å²) < 4.78 is 1.98. The van der Waals surface area contributed by atoms with E-state index in [-0.39, 0.29) is 5.91 Å². The number of benzene rings is 1. The van der Waals surface area contributed by atoms with Crippen LogP contribution in [0, 0.1) is 0 Å². The fourth-order valence-corrected chi connectivity index (χ4v) is 2.06. The molecule has 18 heavy (non-hydrogen) atoms. The normalized spacial score (nSPS) is 10.8. The van der Waals surface area contributed by atoms with Gasteiger partial charge in [0.2, 0.25) is 5.91 Å². The van der Waals surface area contributed by atoms with Crippen molar-refractivity contribution in [3.05, 3.63) is 36.0 Å². The van der Waals surface area contributed by atoms with Crippen molar-refractivity contribution in [3.63, 3.8) is 0 Å². The summed E-state index contributed by atoms with van der Waals surface area (Å²) in [6.45, 7) is 3.55. The zero-order valence-corrected chi connectivity index (χ0v) is 10.9. The first-order valence-corrected chi connectivity index (χ1v) is 6.18.